The van der Waals surface area contributed by atoms with Crippen molar-refractivity contribution in [3.05, 3.63) is 35.9 Å². The maximum absolute atomic E-state index is 6.26. The van der Waals surface area contributed by atoms with E-state index in [0.717, 1.165) is 18.9 Å². The van der Waals surface area contributed by atoms with E-state index in [2.05, 4.69) is 42.2 Å². The largest absolute Gasteiger partial charge is 0.324 e. The van der Waals surface area contributed by atoms with Crippen molar-refractivity contribution in [2.45, 2.75) is 45.1 Å². The Kier molecular flexibility index (Phi) is 5.87. The molecular formula is C17H28N2. The molecule has 0 bridgehead atoms. The molecule has 19 heavy (non-hydrogen) atoms. The molecule has 1 unspecified atom stereocenters. The van der Waals surface area contributed by atoms with Gasteiger partial charge in [0.25, 0.3) is 0 Å². The maximum atomic E-state index is 6.26. The summed E-state index contributed by atoms with van der Waals surface area (Å²) >= 11 is 0. The van der Waals surface area contributed by atoms with Crippen LogP contribution in [0.4, 0.5) is 0 Å². The van der Waals surface area contributed by atoms with Crippen molar-refractivity contribution in [1.82, 2.24) is 4.90 Å². The lowest BCUT2D eigenvalue weighted by atomic mass is 9.92. The molecule has 2 heteroatoms. The van der Waals surface area contributed by atoms with Gasteiger partial charge in [-0.25, -0.2) is 0 Å². The summed E-state index contributed by atoms with van der Waals surface area (Å²) in [5.41, 5.74) is 7.53. The molecule has 2 rings (SSSR count). The van der Waals surface area contributed by atoms with Crippen molar-refractivity contribution in [2.24, 2.45) is 11.7 Å². The van der Waals surface area contributed by atoms with Crippen LogP contribution >= 0.6 is 0 Å². The molecule has 0 radical (unpaired) electrons. The Morgan fingerprint density at radius 3 is 2.53 bits per heavy atom. The molecule has 0 aromatic heterocycles. The Labute approximate surface area is 118 Å². The highest BCUT2D eigenvalue weighted by atomic mass is 15.1. The molecule has 0 aliphatic carbocycles. The van der Waals surface area contributed by atoms with Gasteiger partial charge in [0.2, 0.25) is 0 Å². The van der Waals surface area contributed by atoms with Crippen LogP contribution in [0.2, 0.25) is 0 Å². The number of piperidine rings is 1. The van der Waals surface area contributed by atoms with E-state index in [1.807, 2.05) is 0 Å². The van der Waals surface area contributed by atoms with Gasteiger partial charge in [0.15, 0.2) is 0 Å². The van der Waals surface area contributed by atoms with E-state index >= 15 is 0 Å². The molecule has 1 aromatic rings. The molecule has 0 saturated carbocycles. The monoisotopic (exact) mass is 260 g/mol. The number of rotatable bonds is 6. The second-order valence-corrected chi connectivity index (χ2v) is 5.88. The highest BCUT2D eigenvalue weighted by molar-refractivity contribution is 5.18. The van der Waals surface area contributed by atoms with E-state index in [9.17, 15) is 0 Å². The number of likely N-dealkylation sites (tertiary alicyclic amines) is 1. The average Bonchev–Trinajstić information content (AvgIpc) is 2.47. The summed E-state index contributed by atoms with van der Waals surface area (Å²) in [6, 6.07) is 10.7. The Bertz CT molecular complexity index is 342. The molecule has 1 aliphatic rings. The average molecular weight is 260 g/mol. The number of nitrogens with zero attached hydrogens (tertiary/aromatic N) is 1. The van der Waals surface area contributed by atoms with Crippen LogP contribution in [0.3, 0.4) is 0 Å². The smallest absolute Gasteiger partial charge is 0.0307 e. The molecule has 1 fully saturated rings. The molecule has 2 nitrogen and oxygen atoms in total. The molecule has 1 atom stereocenters. The molecule has 2 N–H and O–H groups in total. The van der Waals surface area contributed by atoms with Crippen molar-refractivity contribution in [2.75, 3.05) is 19.6 Å². The first kappa shape index (κ1) is 14.5. The quantitative estimate of drug-likeness (QED) is 0.847. The van der Waals surface area contributed by atoms with Crippen LogP contribution in [0, 0.1) is 5.92 Å². The molecule has 1 saturated heterocycles. The maximum Gasteiger partial charge on any atom is 0.0307 e. The van der Waals surface area contributed by atoms with E-state index in [1.165, 1.54) is 44.3 Å². The normalized spacial score (nSPS) is 19.5. The fourth-order valence-electron chi connectivity index (χ4n) is 3.10. The second-order valence-electron chi connectivity index (χ2n) is 5.88. The number of hydrogen-bond acceptors (Lipinski definition) is 2. The van der Waals surface area contributed by atoms with Crippen molar-refractivity contribution < 1.29 is 0 Å². The Hall–Kier alpha value is -0.860. The van der Waals surface area contributed by atoms with Gasteiger partial charge in [-0.05, 0) is 50.4 Å². The molecule has 1 aromatic carbocycles. The molecule has 1 heterocycles. The van der Waals surface area contributed by atoms with Gasteiger partial charge < -0.3 is 10.6 Å². The van der Waals surface area contributed by atoms with Crippen molar-refractivity contribution >= 4 is 0 Å². The first-order valence-electron chi connectivity index (χ1n) is 7.82. The summed E-state index contributed by atoms with van der Waals surface area (Å²) in [5, 5.41) is 0. The van der Waals surface area contributed by atoms with Crippen LogP contribution in [0.5, 0.6) is 0 Å². The van der Waals surface area contributed by atoms with Crippen LogP contribution in [0.1, 0.15) is 50.6 Å². The van der Waals surface area contributed by atoms with Gasteiger partial charge in [-0.3, -0.25) is 0 Å². The first-order valence-corrected chi connectivity index (χ1v) is 7.82. The zero-order valence-electron chi connectivity index (χ0n) is 12.2. The fourth-order valence-corrected chi connectivity index (χ4v) is 3.10. The molecular weight excluding hydrogens is 232 g/mol. The van der Waals surface area contributed by atoms with E-state index in [1.54, 1.807) is 0 Å². The Morgan fingerprint density at radius 1 is 1.21 bits per heavy atom. The van der Waals surface area contributed by atoms with Crippen LogP contribution in [0.25, 0.3) is 0 Å². The highest BCUT2D eigenvalue weighted by Crippen LogP contribution is 2.22. The summed E-state index contributed by atoms with van der Waals surface area (Å²) in [4.78, 5) is 2.59. The fraction of sp³-hybridized carbons (Fsp3) is 0.647. The van der Waals surface area contributed by atoms with Crippen LogP contribution in [-0.4, -0.2) is 24.5 Å². The summed E-state index contributed by atoms with van der Waals surface area (Å²) in [5.74, 6) is 0.976. The minimum absolute atomic E-state index is 0.189. The number of nitrogens with two attached hydrogens (primary N) is 1. The zero-order valence-corrected chi connectivity index (χ0v) is 12.2. The second kappa shape index (κ2) is 7.66. The molecule has 0 amide bonds. The zero-order chi connectivity index (χ0) is 13.5. The first-order chi connectivity index (χ1) is 9.29. The minimum atomic E-state index is 0.189. The van der Waals surface area contributed by atoms with Crippen molar-refractivity contribution in [1.29, 1.82) is 0 Å². The van der Waals surface area contributed by atoms with Gasteiger partial charge >= 0.3 is 0 Å². The summed E-state index contributed by atoms with van der Waals surface area (Å²) in [6.45, 7) is 5.98. The molecule has 1 aliphatic heterocycles. The van der Waals surface area contributed by atoms with Gasteiger partial charge in [-0.1, -0.05) is 50.1 Å². The topological polar surface area (TPSA) is 29.3 Å². The predicted octanol–water partition coefficient (Wildman–Crippen LogP) is 3.59. The third kappa shape index (κ3) is 4.63. The minimum Gasteiger partial charge on any atom is -0.324 e. The van der Waals surface area contributed by atoms with Gasteiger partial charge in [0.1, 0.15) is 0 Å². The van der Waals surface area contributed by atoms with E-state index < -0.39 is 0 Å². The lowest BCUT2D eigenvalue weighted by Gasteiger charge is -2.32. The van der Waals surface area contributed by atoms with E-state index in [-0.39, 0.29) is 6.04 Å². The van der Waals surface area contributed by atoms with Crippen LogP contribution in [0.15, 0.2) is 30.3 Å². The lowest BCUT2D eigenvalue weighted by molar-refractivity contribution is 0.174. The van der Waals surface area contributed by atoms with Crippen molar-refractivity contribution in [3.63, 3.8) is 0 Å². The molecule has 0 spiro atoms. The summed E-state index contributed by atoms with van der Waals surface area (Å²) in [6.07, 6.45) is 6.59. The van der Waals surface area contributed by atoms with Crippen molar-refractivity contribution in [3.8, 4) is 0 Å². The van der Waals surface area contributed by atoms with Crippen LogP contribution in [-0.2, 0) is 0 Å². The van der Waals surface area contributed by atoms with Gasteiger partial charge in [-0.15, -0.1) is 0 Å². The van der Waals surface area contributed by atoms with E-state index in [4.69, 9.17) is 5.73 Å². The third-order valence-corrected chi connectivity index (χ3v) is 4.39. The Morgan fingerprint density at radius 2 is 1.89 bits per heavy atom. The van der Waals surface area contributed by atoms with Gasteiger partial charge in [0.05, 0.1) is 0 Å². The van der Waals surface area contributed by atoms with Gasteiger partial charge in [0, 0.05) is 6.04 Å². The Balaban J connectivity index is 1.69. The third-order valence-electron chi connectivity index (χ3n) is 4.39. The SMILES string of the molecule is CCCC1CCN(CCC(N)c2ccccc2)CC1. The van der Waals surface area contributed by atoms with Gasteiger partial charge in [-0.2, -0.15) is 0 Å². The lowest BCUT2D eigenvalue weighted by Crippen LogP contribution is -2.35. The number of benzene rings is 1. The van der Waals surface area contributed by atoms with E-state index in [0.29, 0.717) is 0 Å². The highest BCUT2D eigenvalue weighted by Gasteiger charge is 2.18. The predicted molar refractivity (Wildman–Crippen MR) is 82.1 cm³/mol. The standard InChI is InChI=1S/C17H28N2/c1-2-6-15-9-12-19(13-10-15)14-11-17(18)16-7-4-3-5-8-16/h3-5,7-8,15,17H,2,6,9-14,18H2,1H3. The molecule has 106 valence electrons. The summed E-state index contributed by atoms with van der Waals surface area (Å²) in [7, 11) is 0. The summed E-state index contributed by atoms with van der Waals surface area (Å²) < 4.78 is 0. The van der Waals surface area contributed by atoms with Crippen LogP contribution < -0.4 is 5.73 Å². The number of hydrogen-bond donors (Lipinski definition) is 1.